The first-order valence-corrected chi connectivity index (χ1v) is 7.92. The standard InChI is InChI=1S/C13H22N2O3S/c1-3-4-10-15(9(7-19-10)11(16)17)12(18)13(2)5-6-14-8-13/h9-10,14H,3-8H2,1-2H3,(H,16,17). The molecule has 3 unspecified atom stereocenters. The third-order valence-corrected chi connectivity index (χ3v) is 5.39. The Balaban J connectivity index is 2.20. The van der Waals surface area contributed by atoms with Gasteiger partial charge in [-0.25, -0.2) is 4.79 Å². The second-order valence-corrected chi connectivity index (χ2v) is 6.84. The van der Waals surface area contributed by atoms with Gasteiger partial charge < -0.3 is 15.3 Å². The van der Waals surface area contributed by atoms with Crippen LogP contribution in [0.2, 0.25) is 0 Å². The molecule has 0 aromatic rings. The number of amides is 1. The van der Waals surface area contributed by atoms with E-state index in [0.29, 0.717) is 12.3 Å². The third kappa shape index (κ3) is 2.74. The lowest BCUT2D eigenvalue weighted by molar-refractivity contribution is -0.153. The Morgan fingerprint density at radius 1 is 1.53 bits per heavy atom. The van der Waals surface area contributed by atoms with Crippen molar-refractivity contribution in [3.05, 3.63) is 0 Å². The molecule has 0 saturated carbocycles. The van der Waals surface area contributed by atoms with Gasteiger partial charge in [-0.1, -0.05) is 13.3 Å². The summed E-state index contributed by atoms with van der Waals surface area (Å²) in [6.07, 6.45) is 2.62. The Labute approximate surface area is 118 Å². The van der Waals surface area contributed by atoms with Gasteiger partial charge in [0.05, 0.1) is 10.8 Å². The van der Waals surface area contributed by atoms with Crippen molar-refractivity contribution in [2.24, 2.45) is 5.41 Å². The van der Waals surface area contributed by atoms with Crippen LogP contribution in [0.3, 0.4) is 0 Å². The topological polar surface area (TPSA) is 69.6 Å². The molecule has 2 heterocycles. The van der Waals surface area contributed by atoms with E-state index in [4.69, 9.17) is 0 Å². The minimum absolute atomic E-state index is 0.00773. The first-order valence-electron chi connectivity index (χ1n) is 6.87. The maximum atomic E-state index is 12.8. The average molecular weight is 286 g/mol. The average Bonchev–Trinajstić information content (AvgIpc) is 2.96. The van der Waals surface area contributed by atoms with Crippen molar-refractivity contribution in [1.82, 2.24) is 10.2 Å². The summed E-state index contributed by atoms with van der Waals surface area (Å²) >= 11 is 1.60. The molecule has 5 nitrogen and oxygen atoms in total. The highest BCUT2D eigenvalue weighted by atomic mass is 32.2. The SMILES string of the molecule is CCCC1SCC(C(=O)O)N1C(=O)C1(C)CCNC1. The Kier molecular flexibility index (Phi) is 4.40. The van der Waals surface area contributed by atoms with Gasteiger partial charge in [0.2, 0.25) is 5.91 Å². The Hall–Kier alpha value is -0.750. The molecule has 0 aliphatic carbocycles. The number of hydrogen-bond acceptors (Lipinski definition) is 4. The van der Waals surface area contributed by atoms with E-state index in [2.05, 4.69) is 12.2 Å². The van der Waals surface area contributed by atoms with Crippen molar-refractivity contribution in [3.8, 4) is 0 Å². The number of carboxylic acids is 1. The zero-order valence-electron chi connectivity index (χ0n) is 11.5. The minimum atomic E-state index is -0.881. The van der Waals surface area contributed by atoms with Crippen molar-refractivity contribution >= 4 is 23.6 Å². The molecule has 6 heteroatoms. The van der Waals surface area contributed by atoms with Gasteiger partial charge in [0.25, 0.3) is 0 Å². The number of carbonyl (C=O) groups is 2. The highest BCUT2D eigenvalue weighted by Gasteiger charge is 2.48. The van der Waals surface area contributed by atoms with Crippen molar-refractivity contribution in [3.63, 3.8) is 0 Å². The molecule has 0 aromatic carbocycles. The molecular weight excluding hydrogens is 264 g/mol. The van der Waals surface area contributed by atoms with Crippen LogP contribution in [0.4, 0.5) is 0 Å². The van der Waals surface area contributed by atoms with Crippen LogP contribution >= 0.6 is 11.8 Å². The summed E-state index contributed by atoms with van der Waals surface area (Å²) in [4.78, 5) is 25.8. The van der Waals surface area contributed by atoms with E-state index in [9.17, 15) is 14.7 Å². The molecule has 2 fully saturated rings. The summed E-state index contributed by atoms with van der Waals surface area (Å²) in [7, 11) is 0. The van der Waals surface area contributed by atoms with Crippen LogP contribution in [0.15, 0.2) is 0 Å². The van der Waals surface area contributed by atoms with Gasteiger partial charge in [-0.3, -0.25) is 4.79 Å². The van der Waals surface area contributed by atoms with Gasteiger partial charge in [0.1, 0.15) is 6.04 Å². The van der Waals surface area contributed by atoms with Gasteiger partial charge in [-0.05, 0) is 26.3 Å². The molecule has 2 rings (SSSR count). The highest BCUT2D eigenvalue weighted by Crippen LogP contribution is 2.37. The van der Waals surface area contributed by atoms with Gasteiger partial charge in [-0.15, -0.1) is 11.8 Å². The second kappa shape index (κ2) is 5.71. The van der Waals surface area contributed by atoms with Crippen LogP contribution in [0.1, 0.15) is 33.1 Å². The van der Waals surface area contributed by atoms with E-state index in [1.165, 1.54) is 0 Å². The minimum Gasteiger partial charge on any atom is -0.480 e. The molecule has 0 spiro atoms. The molecule has 19 heavy (non-hydrogen) atoms. The fourth-order valence-electron chi connectivity index (χ4n) is 2.81. The largest absolute Gasteiger partial charge is 0.480 e. The van der Waals surface area contributed by atoms with Crippen LogP contribution in [-0.4, -0.2) is 52.1 Å². The lowest BCUT2D eigenvalue weighted by atomic mass is 9.87. The molecule has 0 radical (unpaired) electrons. The van der Waals surface area contributed by atoms with E-state index >= 15 is 0 Å². The van der Waals surface area contributed by atoms with Crippen molar-refractivity contribution in [1.29, 1.82) is 0 Å². The normalized spacial score (nSPS) is 34.7. The number of hydrogen-bond donors (Lipinski definition) is 2. The number of nitrogens with one attached hydrogen (secondary N) is 1. The molecule has 2 aliphatic heterocycles. The molecule has 2 N–H and O–H groups in total. The predicted molar refractivity (Wildman–Crippen MR) is 75.0 cm³/mol. The first-order chi connectivity index (χ1) is 8.99. The molecule has 0 aromatic heterocycles. The van der Waals surface area contributed by atoms with E-state index < -0.39 is 17.4 Å². The molecule has 1 amide bonds. The molecule has 2 saturated heterocycles. The van der Waals surface area contributed by atoms with E-state index in [-0.39, 0.29) is 11.3 Å². The van der Waals surface area contributed by atoms with Crippen LogP contribution in [-0.2, 0) is 9.59 Å². The molecule has 0 bridgehead atoms. The monoisotopic (exact) mass is 286 g/mol. The van der Waals surface area contributed by atoms with Gasteiger partial charge in [0.15, 0.2) is 0 Å². The number of carboxylic acid groups (broad SMARTS) is 1. The number of nitrogens with zero attached hydrogens (tertiary/aromatic N) is 1. The fourth-order valence-corrected chi connectivity index (χ4v) is 4.32. The van der Waals surface area contributed by atoms with Crippen LogP contribution < -0.4 is 5.32 Å². The van der Waals surface area contributed by atoms with Crippen LogP contribution in [0.25, 0.3) is 0 Å². The van der Waals surface area contributed by atoms with Crippen LogP contribution in [0.5, 0.6) is 0 Å². The predicted octanol–water partition coefficient (Wildman–Crippen LogP) is 1.14. The number of rotatable bonds is 4. The summed E-state index contributed by atoms with van der Waals surface area (Å²) in [5, 5.41) is 12.6. The maximum absolute atomic E-state index is 12.8. The Morgan fingerprint density at radius 3 is 2.79 bits per heavy atom. The van der Waals surface area contributed by atoms with Crippen LogP contribution in [0, 0.1) is 5.41 Å². The first kappa shape index (κ1) is 14.7. The van der Waals surface area contributed by atoms with Crippen molar-refractivity contribution < 1.29 is 14.7 Å². The maximum Gasteiger partial charge on any atom is 0.327 e. The smallest absolute Gasteiger partial charge is 0.327 e. The van der Waals surface area contributed by atoms with E-state index in [0.717, 1.165) is 25.8 Å². The summed E-state index contributed by atoms with van der Waals surface area (Å²) in [6.45, 7) is 5.49. The Morgan fingerprint density at radius 2 is 2.26 bits per heavy atom. The number of carbonyl (C=O) groups excluding carboxylic acids is 1. The zero-order valence-corrected chi connectivity index (χ0v) is 12.3. The molecule has 108 valence electrons. The molecule has 3 atom stereocenters. The van der Waals surface area contributed by atoms with E-state index in [1.54, 1.807) is 16.7 Å². The molecule has 2 aliphatic rings. The summed E-state index contributed by atoms with van der Waals surface area (Å²) in [6, 6.07) is -0.661. The summed E-state index contributed by atoms with van der Waals surface area (Å²) < 4.78 is 0. The fraction of sp³-hybridized carbons (Fsp3) is 0.846. The number of thioether (sulfide) groups is 1. The summed E-state index contributed by atoms with van der Waals surface area (Å²) in [5.41, 5.74) is -0.440. The quantitative estimate of drug-likeness (QED) is 0.811. The lowest BCUT2D eigenvalue weighted by Gasteiger charge is -2.34. The van der Waals surface area contributed by atoms with Gasteiger partial charge in [-0.2, -0.15) is 0 Å². The lowest BCUT2D eigenvalue weighted by Crippen LogP contribution is -2.52. The number of aliphatic carboxylic acids is 1. The van der Waals surface area contributed by atoms with Gasteiger partial charge >= 0.3 is 5.97 Å². The van der Waals surface area contributed by atoms with Crippen molar-refractivity contribution in [2.45, 2.75) is 44.5 Å². The Bertz CT molecular complexity index is 369. The second-order valence-electron chi connectivity index (χ2n) is 5.63. The zero-order chi connectivity index (χ0) is 14.0. The summed E-state index contributed by atoms with van der Waals surface area (Å²) in [5.74, 6) is -0.364. The van der Waals surface area contributed by atoms with Gasteiger partial charge in [0, 0.05) is 12.3 Å². The van der Waals surface area contributed by atoms with E-state index in [1.807, 2.05) is 6.92 Å². The molecular formula is C13H22N2O3S. The highest BCUT2D eigenvalue weighted by molar-refractivity contribution is 8.00. The van der Waals surface area contributed by atoms with Crippen molar-refractivity contribution in [2.75, 3.05) is 18.8 Å². The third-order valence-electron chi connectivity index (χ3n) is 4.03.